The van der Waals surface area contributed by atoms with Gasteiger partial charge in [-0.25, -0.2) is 0 Å². The Hall–Kier alpha value is -1.50. The first-order chi connectivity index (χ1) is 8.84. The fourth-order valence-electron chi connectivity index (χ4n) is 1.75. The Bertz CT molecular complexity index is 608. The van der Waals surface area contributed by atoms with Crippen LogP contribution >= 0.6 is 15.9 Å². The molecule has 2 N–H and O–H groups in total. The van der Waals surface area contributed by atoms with E-state index in [4.69, 9.17) is 10.3 Å². The lowest BCUT2D eigenvalue weighted by molar-refractivity contribution is -0.137. The number of nitrogen functional groups attached to an aromatic ring is 1. The van der Waals surface area contributed by atoms with Gasteiger partial charge in [-0.05, 0) is 24.6 Å². The molecular weight excluding hydrogens is 325 g/mol. The van der Waals surface area contributed by atoms with Crippen LogP contribution in [0.3, 0.4) is 0 Å². The highest BCUT2D eigenvalue weighted by Gasteiger charge is 2.31. The van der Waals surface area contributed by atoms with Crippen molar-refractivity contribution in [2.45, 2.75) is 19.5 Å². The van der Waals surface area contributed by atoms with Gasteiger partial charge in [-0.2, -0.15) is 13.2 Å². The number of aromatic nitrogens is 1. The fourth-order valence-corrected chi connectivity index (χ4v) is 2.18. The molecule has 102 valence electrons. The van der Waals surface area contributed by atoms with Gasteiger partial charge in [-0.15, -0.1) is 0 Å². The van der Waals surface area contributed by atoms with Crippen molar-refractivity contribution in [3.8, 4) is 11.3 Å². The minimum Gasteiger partial charge on any atom is -0.381 e. The van der Waals surface area contributed by atoms with E-state index >= 15 is 0 Å². The van der Waals surface area contributed by atoms with Gasteiger partial charge in [0.1, 0.15) is 0 Å². The number of alkyl halides is 3. The third-order valence-corrected chi connectivity index (χ3v) is 3.40. The summed E-state index contributed by atoms with van der Waals surface area (Å²) >= 11 is 3.21. The molecule has 0 bridgehead atoms. The van der Waals surface area contributed by atoms with Crippen LogP contribution in [0.25, 0.3) is 11.3 Å². The molecule has 0 aliphatic rings. The number of rotatable bonds is 2. The second-order valence-corrected chi connectivity index (χ2v) is 4.78. The molecule has 0 saturated carbocycles. The average molecular weight is 335 g/mol. The summed E-state index contributed by atoms with van der Waals surface area (Å²) in [6.07, 6.45) is -3.89. The third kappa shape index (κ3) is 2.60. The Morgan fingerprint density at radius 1 is 1.37 bits per heavy atom. The van der Waals surface area contributed by atoms with Gasteiger partial charge in [0, 0.05) is 15.6 Å². The van der Waals surface area contributed by atoms with Crippen molar-refractivity contribution < 1.29 is 17.7 Å². The minimum atomic E-state index is -4.41. The second kappa shape index (κ2) is 4.88. The molecule has 2 aromatic rings. The summed E-state index contributed by atoms with van der Waals surface area (Å²) in [6, 6.07) is 3.35. The molecule has 0 spiro atoms. The van der Waals surface area contributed by atoms with Crippen LogP contribution in [0.4, 0.5) is 19.0 Å². The zero-order chi connectivity index (χ0) is 14.2. The maximum atomic E-state index is 12.7. The molecular formula is C12H10BrF3N2O. The van der Waals surface area contributed by atoms with Crippen LogP contribution < -0.4 is 5.73 Å². The highest BCUT2D eigenvalue weighted by molar-refractivity contribution is 9.10. The van der Waals surface area contributed by atoms with E-state index in [1.807, 2.05) is 6.92 Å². The number of anilines is 1. The number of halogens is 4. The molecule has 0 amide bonds. The molecule has 0 radical (unpaired) electrons. The van der Waals surface area contributed by atoms with Crippen molar-refractivity contribution in [2.24, 2.45) is 0 Å². The molecule has 1 aromatic heterocycles. The van der Waals surface area contributed by atoms with Crippen molar-refractivity contribution in [3.05, 3.63) is 33.8 Å². The maximum absolute atomic E-state index is 12.7. The predicted molar refractivity (Wildman–Crippen MR) is 68.4 cm³/mol. The van der Waals surface area contributed by atoms with Crippen molar-refractivity contribution in [1.29, 1.82) is 0 Å². The van der Waals surface area contributed by atoms with Gasteiger partial charge in [0.05, 0.1) is 5.56 Å². The van der Waals surface area contributed by atoms with E-state index in [0.717, 1.165) is 12.1 Å². The van der Waals surface area contributed by atoms with Gasteiger partial charge < -0.3 is 10.3 Å². The molecule has 0 aliphatic heterocycles. The van der Waals surface area contributed by atoms with E-state index in [1.165, 1.54) is 6.07 Å². The average Bonchev–Trinajstić information content (AvgIpc) is 2.69. The Kier molecular flexibility index (Phi) is 3.58. The van der Waals surface area contributed by atoms with Gasteiger partial charge in [-0.3, -0.25) is 0 Å². The number of benzene rings is 1. The lowest BCUT2D eigenvalue weighted by Crippen LogP contribution is -2.05. The van der Waals surface area contributed by atoms with Crippen LogP contribution in [-0.4, -0.2) is 5.16 Å². The van der Waals surface area contributed by atoms with Crippen molar-refractivity contribution in [1.82, 2.24) is 5.16 Å². The molecule has 0 unspecified atom stereocenters. The summed E-state index contributed by atoms with van der Waals surface area (Å²) in [4.78, 5) is 0. The Morgan fingerprint density at radius 2 is 2.05 bits per heavy atom. The zero-order valence-electron chi connectivity index (χ0n) is 9.88. The summed E-state index contributed by atoms with van der Waals surface area (Å²) in [5.41, 5.74) is 5.76. The van der Waals surface area contributed by atoms with Crippen LogP contribution in [0.15, 0.2) is 27.2 Å². The van der Waals surface area contributed by atoms with Crippen molar-refractivity contribution >= 4 is 21.7 Å². The van der Waals surface area contributed by atoms with Gasteiger partial charge in [0.2, 0.25) is 0 Å². The SMILES string of the molecule is CCc1c(N)noc1-c1cc(C(F)(F)F)ccc1Br. The number of nitrogens with two attached hydrogens (primary N) is 1. The first-order valence-electron chi connectivity index (χ1n) is 5.45. The Labute approximate surface area is 115 Å². The van der Waals surface area contributed by atoms with Gasteiger partial charge in [-0.1, -0.05) is 28.0 Å². The van der Waals surface area contributed by atoms with Gasteiger partial charge >= 0.3 is 6.18 Å². The first-order valence-corrected chi connectivity index (χ1v) is 6.25. The Balaban J connectivity index is 2.61. The topological polar surface area (TPSA) is 52.0 Å². The molecule has 0 atom stereocenters. The normalized spacial score (nSPS) is 11.8. The van der Waals surface area contributed by atoms with E-state index in [1.54, 1.807) is 0 Å². The van der Waals surface area contributed by atoms with E-state index in [0.29, 0.717) is 16.5 Å². The Morgan fingerprint density at radius 3 is 2.63 bits per heavy atom. The smallest absolute Gasteiger partial charge is 0.381 e. The lowest BCUT2D eigenvalue weighted by atomic mass is 10.0. The molecule has 1 heterocycles. The molecule has 7 heteroatoms. The molecule has 0 saturated heterocycles. The molecule has 0 aliphatic carbocycles. The zero-order valence-corrected chi connectivity index (χ0v) is 11.5. The number of hydrogen-bond donors (Lipinski definition) is 1. The van der Waals surface area contributed by atoms with Crippen LogP contribution in [0, 0.1) is 0 Å². The molecule has 3 nitrogen and oxygen atoms in total. The monoisotopic (exact) mass is 334 g/mol. The van der Waals surface area contributed by atoms with Gasteiger partial charge in [0.15, 0.2) is 11.6 Å². The summed E-state index contributed by atoms with van der Waals surface area (Å²) in [5, 5.41) is 3.60. The van der Waals surface area contributed by atoms with E-state index in [9.17, 15) is 13.2 Å². The van der Waals surface area contributed by atoms with Crippen LogP contribution in [0.1, 0.15) is 18.1 Å². The number of nitrogens with zero attached hydrogens (tertiary/aromatic N) is 1. The van der Waals surface area contributed by atoms with Crippen LogP contribution in [-0.2, 0) is 12.6 Å². The van der Waals surface area contributed by atoms with E-state index < -0.39 is 11.7 Å². The second-order valence-electron chi connectivity index (χ2n) is 3.92. The summed E-state index contributed by atoms with van der Waals surface area (Å²) in [7, 11) is 0. The molecule has 2 rings (SSSR count). The van der Waals surface area contributed by atoms with Crippen LogP contribution in [0.2, 0.25) is 0 Å². The number of hydrogen-bond acceptors (Lipinski definition) is 3. The minimum absolute atomic E-state index is 0.196. The highest BCUT2D eigenvalue weighted by Crippen LogP contribution is 2.38. The molecule has 19 heavy (non-hydrogen) atoms. The largest absolute Gasteiger partial charge is 0.416 e. The standard InChI is InChI=1S/C12H10BrF3N2O/c1-2-7-10(19-18-11(7)17)8-5-6(12(14,15)16)3-4-9(8)13/h3-5H,2H2,1H3,(H2,17,18). The maximum Gasteiger partial charge on any atom is 0.416 e. The highest BCUT2D eigenvalue weighted by atomic mass is 79.9. The molecule has 0 fully saturated rings. The first kappa shape index (κ1) is 13.9. The third-order valence-electron chi connectivity index (χ3n) is 2.71. The predicted octanol–water partition coefficient (Wildman–Crippen LogP) is 4.27. The fraction of sp³-hybridized carbons (Fsp3) is 0.250. The quantitative estimate of drug-likeness (QED) is 0.892. The van der Waals surface area contributed by atoms with Crippen molar-refractivity contribution in [2.75, 3.05) is 5.73 Å². The van der Waals surface area contributed by atoms with E-state index in [-0.39, 0.29) is 17.1 Å². The molecule has 1 aromatic carbocycles. The summed E-state index contributed by atoms with van der Waals surface area (Å²) < 4.78 is 43.7. The lowest BCUT2D eigenvalue weighted by Gasteiger charge is -2.09. The summed E-state index contributed by atoms with van der Waals surface area (Å²) in [6.45, 7) is 1.83. The van der Waals surface area contributed by atoms with Crippen molar-refractivity contribution in [3.63, 3.8) is 0 Å². The van der Waals surface area contributed by atoms with Crippen LogP contribution in [0.5, 0.6) is 0 Å². The summed E-state index contributed by atoms with van der Waals surface area (Å²) in [5.74, 6) is 0.458. The van der Waals surface area contributed by atoms with Gasteiger partial charge in [0.25, 0.3) is 0 Å². The van der Waals surface area contributed by atoms with E-state index in [2.05, 4.69) is 21.1 Å².